The molecule has 0 unspecified atom stereocenters. The summed E-state index contributed by atoms with van der Waals surface area (Å²) in [6.07, 6.45) is 6.24. The van der Waals surface area contributed by atoms with E-state index in [0.717, 1.165) is 45.1 Å². The van der Waals surface area contributed by atoms with Crippen LogP contribution in [0.1, 0.15) is 59.3 Å². The molecule has 1 saturated carbocycles. The maximum atomic E-state index is 12.2. The van der Waals surface area contributed by atoms with Crippen molar-refractivity contribution >= 4 is 5.91 Å². The zero-order valence-electron chi connectivity index (χ0n) is 11.6. The zero-order chi connectivity index (χ0) is 12.9. The van der Waals surface area contributed by atoms with Gasteiger partial charge in [0.25, 0.3) is 0 Å². The minimum Gasteiger partial charge on any atom is -0.351 e. The van der Waals surface area contributed by atoms with Crippen LogP contribution in [-0.2, 0) is 4.79 Å². The normalized spacial score (nSPS) is 25.6. The van der Waals surface area contributed by atoms with Crippen LogP contribution in [0.4, 0.5) is 0 Å². The number of hydrogen-bond donors (Lipinski definition) is 2. The van der Waals surface area contributed by atoms with E-state index in [2.05, 4.69) is 26.1 Å². The van der Waals surface area contributed by atoms with Crippen molar-refractivity contribution in [1.29, 1.82) is 0 Å². The summed E-state index contributed by atoms with van der Waals surface area (Å²) in [6, 6.07) is 0. The third kappa shape index (κ3) is 3.98. The Labute approximate surface area is 106 Å². The minimum absolute atomic E-state index is 0.0260. The Kier molecular flexibility index (Phi) is 5.44. The van der Waals surface area contributed by atoms with Gasteiger partial charge in [0.15, 0.2) is 0 Å². The molecule has 3 nitrogen and oxygen atoms in total. The molecule has 0 spiro atoms. The highest BCUT2D eigenvalue weighted by Crippen LogP contribution is 2.29. The molecular weight excluding hydrogens is 212 g/mol. The Hall–Kier alpha value is -0.570. The molecule has 1 aliphatic carbocycles. The fourth-order valence-corrected chi connectivity index (χ4v) is 2.49. The SMILES string of the molecule is CCC(C)(CC)NC(=O)C1CCC(CN)CC1. The summed E-state index contributed by atoms with van der Waals surface area (Å²) in [5.74, 6) is 1.12. The molecule has 1 aliphatic rings. The van der Waals surface area contributed by atoms with Gasteiger partial charge >= 0.3 is 0 Å². The van der Waals surface area contributed by atoms with Crippen molar-refractivity contribution in [2.75, 3.05) is 6.54 Å². The molecule has 0 radical (unpaired) electrons. The average molecular weight is 240 g/mol. The number of carbonyl (C=O) groups excluding carboxylic acids is 1. The molecule has 1 rings (SSSR count). The number of hydrogen-bond acceptors (Lipinski definition) is 2. The van der Waals surface area contributed by atoms with Crippen molar-refractivity contribution in [2.24, 2.45) is 17.6 Å². The van der Waals surface area contributed by atoms with Crippen LogP contribution in [0, 0.1) is 11.8 Å². The summed E-state index contributed by atoms with van der Waals surface area (Å²) in [7, 11) is 0. The van der Waals surface area contributed by atoms with Crippen molar-refractivity contribution < 1.29 is 4.79 Å². The molecule has 0 atom stereocenters. The van der Waals surface area contributed by atoms with Crippen LogP contribution in [0.25, 0.3) is 0 Å². The van der Waals surface area contributed by atoms with Crippen molar-refractivity contribution in [3.63, 3.8) is 0 Å². The van der Waals surface area contributed by atoms with Crippen LogP contribution in [0.2, 0.25) is 0 Å². The number of rotatable bonds is 5. The first-order valence-corrected chi connectivity index (χ1v) is 7.06. The minimum atomic E-state index is -0.0260. The van der Waals surface area contributed by atoms with E-state index in [1.54, 1.807) is 0 Å². The van der Waals surface area contributed by atoms with Crippen LogP contribution in [-0.4, -0.2) is 18.0 Å². The molecule has 1 fully saturated rings. The first kappa shape index (κ1) is 14.5. The summed E-state index contributed by atoms with van der Waals surface area (Å²) < 4.78 is 0. The van der Waals surface area contributed by atoms with Crippen LogP contribution in [0.15, 0.2) is 0 Å². The lowest BCUT2D eigenvalue weighted by atomic mass is 9.81. The van der Waals surface area contributed by atoms with Gasteiger partial charge in [-0.1, -0.05) is 13.8 Å². The summed E-state index contributed by atoms with van der Waals surface area (Å²) in [4.78, 5) is 12.2. The maximum absolute atomic E-state index is 12.2. The molecular formula is C14H28N2O. The van der Waals surface area contributed by atoms with Crippen molar-refractivity contribution in [2.45, 2.75) is 64.8 Å². The van der Waals surface area contributed by atoms with Crippen molar-refractivity contribution in [3.8, 4) is 0 Å². The predicted octanol–water partition coefficient (Wildman–Crippen LogP) is 2.45. The third-order valence-corrected chi connectivity index (χ3v) is 4.54. The highest BCUT2D eigenvalue weighted by Gasteiger charge is 2.29. The third-order valence-electron chi connectivity index (χ3n) is 4.54. The summed E-state index contributed by atoms with van der Waals surface area (Å²) >= 11 is 0. The van der Waals surface area contributed by atoms with Gasteiger partial charge in [-0.3, -0.25) is 4.79 Å². The van der Waals surface area contributed by atoms with E-state index in [0.29, 0.717) is 5.92 Å². The second-order valence-corrected chi connectivity index (χ2v) is 5.71. The largest absolute Gasteiger partial charge is 0.351 e. The quantitative estimate of drug-likeness (QED) is 0.775. The van der Waals surface area contributed by atoms with Gasteiger partial charge in [0.2, 0.25) is 5.91 Å². The second-order valence-electron chi connectivity index (χ2n) is 5.71. The van der Waals surface area contributed by atoms with E-state index in [1.807, 2.05) is 0 Å². The van der Waals surface area contributed by atoms with Gasteiger partial charge in [0, 0.05) is 11.5 Å². The number of nitrogens with two attached hydrogens (primary N) is 1. The summed E-state index contributed by atoms with van der Waals surface area (Å²) in [5.41, 5.74) is 5.64. The molecule has 100 valence electrons. The Morgan fingerprint density at radius 2 is 1.76 bits per heavy atom. The fraction of sp³-hybridized carbons (Fsp3) is 0.929. The molecule has 1 amide bonds. The second kappa shape index (κ2) is 6.39. The van der Waals surface area contributed by atoms with Crippen LogP contribution < -0.4 is 11.1 Å². The van der Waals surface area contributed by atoms with Crippen LogP contribution >= 0.6 is 0 Å². The Morgan fingerprint density at radius 3 is 2.18 bits per heavy atom. The van der Waals surface area contributed by atoms with E-state index in [1.165, 1.54) is 0 Å². The van der Waals surface area contributed by atoms with Crippen LogP contribution in [0.3, 0.4) is 0 Å². The molecule has 0 heterocycles. The van der Waals surface area contributed by atoms with Gasteiger partial charge in [-0.25, -0.2) is 0 Å². The lowest BCUT2D eigenvalue weighted by Gasteiger charge is -2.33. The topological polar surface area (TPSA) is 55.1 Å². The maximum Gasteiger partial charge on any atom is 0.223 e. The van der Waals surface area contributed by atoms with E-state index in [-0.39, 0.29) is 17.4 Å². The van der Waals surface area contributed by atoms with E-state index in [9.17, 15) is 4.79 Å². The first-order chi connectivity index (χ1) is 8.04. The Morgan fingerprint density at radius 1 is 1.24 bits per heavy atom. The molecule has 0 aromatic heterocycles. The van der Waals surface area contributed by atoms with Gasteiger partial charge < -0.3 is 11.1 Å². The number of carbonyl (C=O) groups is 1. The van der Waals surface area contributed by atoms with Crippen molar-refractivity contribution in [1.82, 2.24) is 5.32 Å². The summed E-state index contributed by atoms with van der Waals surface area (Å²) in [6.45, 7) is 7.18. The smallest absolute Gasteiger partial charge is 0.223 e. The van der Waals surface area contributed by atoms with E-state index >= 15 is 0 Å². The first-order valence-electron chi connectivity index (χ1n) is 7.06. The van der Waals surface area contributed by atoms with Crippen LogP contribution in [0.5, 0.6) is 0 Å². The average Bonchev–Trinajstić information content (AvgIpc) is 2.38. The number of nitrogens with one attached hydrogen (secondary N) is 1. The monoisotopic (exact) mass is 240 g/mol. The zero-order valence-corrected chi connectivity index (χ0v) is 11.6. The molecule has 0 saturated heterocycles. The van der Waals surface area contributed by atoms with Crippen molar-refractivity contribution in [3.05, 3.63) is 0 Å². The standard InChI is InChI=1S/C14H28N2O/c1-4-14(3,5-2)16-13(17)12-8-6-11(10-15)7-9-12/h11-12H,4-10,15H2,1-3H3,(H,16,17). The highest BCUT2D eigenvalue weighted by atomic mass is 16.2. The molecule has 0 aromatic carbocycles. The van der Waals surface area contributed by atoms with Gasteiger partial charge in [-0.2, -0.15) is 0 Å². The fourth-order valence-electron chi connectivity index (χ4n) is 2.49. The van der Waals surface area contributed by atoms with Gasteiger partial charge in [-0.05, 0) is 57.9 Å². The van der Waals surface area contributed by atoms with E-state index in [4.69, 9.17) is 5.73 Å². The Balaban J connectivity index is 2.44. The Bertz CT molecular complexity index is 241. The lowest BCUT2D eigenvalue weighted by molar-refractivity contribution is -0.128. The summed E-state index contributed by atoms with van der Waals surface area (Å²) in [5, 5.41) is 3.23. The molecule has 17 heavy (non-hydrogen) atoms. The molecule has 0 aromatic rings. The van der Waals surface area contributed by atoms with E-state index < -0.39 is 0 Å². The number of amides is 1. The van der Waals surface area contributed by atoms with Gasteiger partial charge in [0.1, 0.15) is 0 Å². The van der Waals surface area contributed by atoms with Gasteiger partial charge in [0.05, 0.1) is 0 Å². The predicted molar refractivity (Wildman–Crippen MR) is 71.6 cm³/mol. The molecule has 0 bridgehead atoms. The molecule has 3 N–H and O–H groups in total. The van der Waals surface area contributed by atoms with Gasteiger partial charge in [-0.15, -0.1) is 0 Å². The lowest BCUT2D eigenvalue weighted by Crippen LogP contribution is -2.48. The highest BCUT2D eigenvalue weighted by molar-refractivity contribution is 5.79. The molecule has 3 heteroatoms. The molecule has 0 aliphatic heterocycles.